The van der Waals surface area contributed by atoms with Crippen LogP contribution >= 0.6 is 0 Å². The van der Waals surface area contributed by atoms with Gasteiger partial charge in [0.05, 0.1) is 26.8 Å². The fraction of sp³-hybridized carbons (Fsp3) is 0.364. The van der Waals surface area contributed by atoms with Crippen LogP contribution in [0.4, 0.5) is 0 Å². The number of para-hydroxylation sites is 1. The van der Waals surface area contributed by atoms with E-state index in [9.17, 15) is 9.59 Å². The number of carbonyl (C=O) groups is 2. The number of benzene rings is 2. The summed E-state index contributed by atoms with van der Waals surface area (Å²) in [5.41, 5.74) is 1.93. The molecule has 2 aromatic carbocycles. The molecule has 6 heteroatoms. The van der Waals surface area contributed by atoms with Crippen molar-refractivity contribution in [1.82, 2.24) is 10.2 Å². The summed E-state index contributed by atoms with van der Waals surface area (Å²) < 4.78 is 10.8. The summed E-state index contributed by atoms with van der Waals surface area (Å²) in [4.78, 5) is 26.3. The minimum Gasteiger partial charge on any atom is -0.493 e. The number of carbonyl (C=O) groups excluding carboxylic acids is 2. The van der Waals surface area contributed by atoms with E-state index in [2.05, 4.69) is 5.32 Å². The molecule has 0 bridgehead atoms. The summed E-state index contributed by atoms with van der Waals surface area (Å²) in [7, 11) is 5.03. The number of ether oxygens (including phenoxy) is 2. The van der Waals surface area contributed by atoms with Crippen LogP contribution in [0.5, 0.6) is 11.5 Å². The minimum atomic E-state index is -0.533. The zero-order valence-corrected chi connectivity index (χ0v) is 16.9. The number of likely N-dealkylation sites (N-methyl/N-ethyl adjacent to an activating group) is 1. The molecule has 1 atom stereocenters. The minimum absolute atomic E-state index is 0.0608. The third kappa shape index (κ3) is 6.09. The van der Waals surface area contributed by atoms with Gasteiger partial charge in [0, 0.05) is 12.1 Å². The van der Waals surface area contributed by atoms with Crippen molar-refractivity contribution >= 4 is 11.7 Å². The van der Waals surface area contributed by atoms with E-state index in [1.165, 1.54) is 6.92 Å². The maximum Gasteiger partial charge on any atom is 0.234 e. The highest BCUT2D eigenvalue weighted by atomic mass is 16.5. The molecule has 0 aliphatic heterocycles. The summed E-state index contributed by atoms with van der Waals surface area (Å²) >= 11 is 0. The van der Waals surface area contributed by atoms with E-state index in [0.29, 0.717) is 24.5 Å². The lowest BCUT2D eigenvalue weighted by Crippen LogP contribution is -2.45. The Morgan fingerprint density at radius 2 is 1.75 bits per heavy atom. The summed E-state index contributed by atoms with van der Waals surface area (Å²) in [6, 6.07) is 14.8. The Kier molecular flexibility index (Phi) is 8.02. The zero-order valence-electron chi connectivity index (χ0n) is 16.9. The third-order valence-electron chi connectivity index (χ3n) is 4.45. The molecule has 1 N–H and O–H groups in total. The van der Waals surface area contributed by atoms with Crippen LogP contribution in [0.15, 0.2) is 48.5 Å². The highest BCUT2D eigenvalue weighted by Gasteiger charge is 2.19. The number of nitrogens with one attached hydrogen (secondary N) is 1. The van der Waals surface area contributed by atoms with Crippen molar-refractivity contribution in [1.29, 1.82) is 0 Å². The Morgan fingerprint density at radius 3 is 2.36 bits per heavy atom. The summed E-state index contributed by atoms with van der Waals surface area (Å²) in [5, 5.41) is 2.85. The number of hydrogen-bond acceptors (Lipinski definition) is 5. The molecule has 0 saturated heterocycles. The SMILES string of the molecule is COc1cccc(CN(C)CC(=O)NC(Cc2ccccc2)C(C)=O)c1OC. The van der Waals surface area contributed by atoms with Crippen LogP contribution in [0.2, 0.25) is 0 Å². The van der Waals surface area contributed by atoms with Crippen LogP contribution < -0.4 is 14.8 Å². The number of amides is 1. The van der Waals surface area contributed by atoms with Crippen LogP contribution in [0, 0.1) is 0 Å². The average molecular weight is 384 g/mol. The molecule has 0 fully saturated rings. The first-order chi connectivity index (χ1) is 13.4. The van der Waals surface area contributed by atoms with E-state index in [1.54, 1.807) is 14.2 Å². The molecule has 2 rings (SSSR count). The van der Waals surface area contributed by atoms with Crippen LogP contribution in [-0.2, 0) is 22.6 Å². The molecule has 0 saturated carbocycles. The van der Waals surface area contributed by atoms with Crippen molar-refractivity contribution in [3.63, 3.8) is 0 Å². The summed E-state index contributed by atoms with van der Waals surface area (Å²) in [6.07, 6.45) is 0.481. The van der Waals surface area contributed by atoms with Crippen molar-refractivity contribution in [2.24, 2.45) is 0 Å². The van der Waals surface area contributed by atoms with Crippen molar-refractivity contribution in [2.45, 2.75) is 25.9 Å². The van der Waals surface area contributed by atoms with Gasteiger partial charge in [-0.3, -0.25) is 14.5 Å². The number of nitrogens with zero attached hydrogens (tertiary/aromatic N) is 1. The van der Waals surface area contributed by atoms with E-state index in [4.69, 9.17) is 9.47 Å². The quantitative estimate of drug-likeness (QED) is 0.682. The van der Waals surface area contributed by atoms with Gasteiger partial charge < -0.3 is 14.8 Å². The molecule has 150 valence electrons. The highest BCUT2D eigenvalue weighted by Crippen LogP contribution is 2.31. The first-order valence-electron chi connectivity index (χ1n) is 9.16. The normalized spacial score (nSPS) is 11.8. The zero-order chi connectivity index (χ0) is 20.5. The molecular formula is C22H28N2O4. The maximum atomic E-state index is 12.5. The van der Waals surface area contributed by atoms with E-state index in [-0.39, 0.29) is 18.2 Å². The number of hydrogen-bond donors (Lipinski definition) is 1. The first kappa shape index (κ1) is 21.4. The smallest absolute Gasteiger partial charge is 0.234 e. The topological polar surface area (TPSA) is 67.9 Å². The van der Waals surface area contributed by atoms with Crippen LogP contribution in [0.3, 0.4) is 0 Å². The molecule has 28 heavy (non-hydrogen) atoms. The second kappa shape index (κ2) is 10.5. The van der Waals surface area contributed by atoms with Gasteiger partial charge in [-0.05, 0) is 32.0 Å². The lowest BCUT2D eigenvalue weighted by atomic mass is 10.0. The fourth-order valence-corrected chi connectivity index (χ4v) is 3.06. The molecule has 0 heterocycles. The number of Topliss-reactive ketones (excluding diaryl/α,β-unsaturated/α-hetero) is 1. The lowest BCUT2D eigenvalue weighted by Gasteiger charge is -2.21. The number of methoxy groups -OCH3 is 2. The fourth-order valence-electron chi connectivity index (χ4n) is 3.06. The van der Waals surface area contributed by atoms with Crippen LogP contribution in [-0.4, -0.2) is 50.4 Å². The highest BCUT2D eigenvalue weighted by molar-refractivity contribution is 5.88. The van der Waals surface area contributed by atoms with Crippen molar-refractivity contribution in [3.05, 3.63) is 59.7 Å². The van der Waals surface area contributed by atoms with E-state index in [0.717, 1.165) is 11.1 Å². The number of rotatable bonds is 10. The summed E-state index contributed by atoms with van der Waals surface area (Å²) in [5.74, 6) is 1.05. The maximum absolute atomic E-state index is 12.5. The molecule has 0 aliphatic carbocycles. The van der Waals surface area contributed by atoms with Gasteiger partial charge in [0.2, 0.25) is 5.91 Å². The van der Waals surface area contributed by atoms with E-state index >= 15 is 0 Å². The van der Waals surface area contributed by atoms with Crippen LogP contribution in [0.25, 0.3) is 0 Å². The van der Waals surface area contributed by atoms with Gasteiger partial charge in [0.15, 0.2) is 17.3 Å². The van der Waals surface area contributed by atoms with Gasteiger partial charge in [0.25, 0.3) is 0 Å². The molecule has 0 aromatic heterocycles. The Balaban J connectivity index is 1.97. The van der Waals surface area contributed by atoms with Gasteiger partial charge in [0.1, 0.15) is 0 Å². The average Bonchev–Trinajstić information content (AvgIpc) is 2.67. The van der Waals surface area contributed by atoms with E-state index < -0.39 is 6.04 Å². The predicted octanol–water partition coefficient (Wildman–Crippen LogP) is 2.45. The molecule has 0 spiro atoms. The second-order valence-corrected chi connectivity index (χ2v) is 6.75. The van der Waals surface area contributed by atoms with Gasteiger partial charge in [-0.25, -0.2) is 0 Å². The van der Waals surface area contributed by atoms with Gasteiger partial charge in [-0.2, -0.15) is 0 Å². The standard InChI is InChI=1S/C22H28N2O4/c1-16(25)19(13-17-9-6-5-7-10-17)23-21(26)15-24(2)14-18-11-8-12-20(27-3)22(18)28-4/h5-12,19H,13-15H2,1-4H3,(H,23,26). The van der Waals surface area contributed by atoms with E-state index in [1.807, 2.05) is 60.5 Å². The Morgan fingerprint density at radius 1 is 1.04 bits per heavy atom. The second-order valence-electron chi connectivity index (χ2n) is 6.75. The lowest BCUT2D eigenvalue weighted by molar-refractivity contribution is -0.127. The molecule has 2 aromatic rings. The van der Waals surface area contributed by atoms with Gasteiger partial charge in [-0.1, -0.05) is 42.5 Å². The molecular weight excluding hydrogens is 356 g/mol. The molecule has 6 nitrogen and oxygen atoms in total. The van der Waals surface area contributed by atoms with Gasteiger partial charge in [-0.15, -0.1) is 0 Å². The number of ketones is 1. The predicted molar refractivity (Wildman–Crippen MR) is 109 cm³/mol. The van der Waals surface area contributed by atoms with Gasteiger partial charge >= 0.3 is 0 Å². The first-order valence-corrected chi connectivity index (χ1v) is 9.16. The Labute approximate surface area is 166 Å². The summed E-state index contributed by atoms with van der Waals surface area (Å²) in [6.45, 7) is 2.18. The molecule has 0 radical (unpaired) electrons. The Hall–Kier alpha value is -2.86. The Bertz CT molecular complexity index is 792. The molecule has 1 unspecified atom stereocenters. The third-order valence-corrected chi connectivity index (χ3v) is 4.45. The molecule has 0 aliphatic rings. The van der Waals surface area contributed by atoms with Crippen molar-refractivity contribution in [2.75, 3.05) is 27.8 Å². The van der Waals surface area contributed by atoms with Crippen molar-refractivity contribution < 1.29 is 19.1 Å². The van der Waals surface area contributed by atoms with Crippen LogP contribution in [0.1, 0.15) is 18.1 Å². The molecule has 1 amide bonds. The van der Waals surface area contributed by atoms with Crippen molar-refractivity contribution in [3.8, 4) is 11.5 Å². The largest absolute Gasteiger partial charge is 0.493 e. The monoisotopic (exact) mass is 384 g/mol.